The molecule has 0 saturated carbocycles. The Balaban J connectivity index is 1.47. The zero-order chi connectivity index (χ0) is 25.5. The Hall–Kier alpha value is -3.65. The molecule has 0 radical (unpaired) electrons. The van der Waals surface area contributed by atoms with Gasteiger partial charge in [0.15, 0.2) is 0 Å². The molecule has 1 atom stereocenters. The summed E-state index contributed by atoms with van der Waals surface area (Å²) in [5.74, 6) is -0.740. The predicted octanol–water partition coefficient (Wildman–Crippen LogP) is 7.23. The van der Waals surface area contributed by atoms with Gasteiger partial charge in [-0.1, -0.05) is 12.1 Å². The number of carbonyl (C=O) groups excluding carboxylic acids is 1. The van der Waals surface area contributed by atoms with Crippen molar-refractivity contribution in [1.29, 1.82) is 0 Å². The zero-order valence-corrected chi connectivity index (χ0v) is 21.3. The number of aromatic nitrogens is 1. The molecule has 0 fully saturated rings. The molecule has 5 nitrogen and oxygen atoms in total. The first-order valence-corrected chi connectivity index (χ1v) is 13.4. The molecule has 0 unspecified atom stereocenters. The largest absolute Gasteiger partial charge is 0.494 e. The minimum Gasteiger partial charge on any atom is -0.494 e. The van der Waals surface area contributed by atoms with E-state index in [1.165, 1.54) is 22.9 Å². The number of hydrogen-bond donors (Lipinski definition) is 1. The van der Waals surface area contributed by atoms with Crippen molar-refractivity contribution in [2.45, 2.75) is 45.2 Å². The van der Waals surface area contributed by atoms with Crippen LogP contribution in [0, 0.1) is 11.6 Å². The van der Waals surface area contributed by atoms with E-state index in [-0.39, 0.29) is 5.69 Å². The van der Waals surface area contributed by atoms with Crippen LogP contribution in [0.5, 0.6) is 5.75 Å². The first-order chi connectivity index (χ1) is 18.0. The van der Waals surface area contributed by atoms with Crippen LogP contribution in [0.25, 0.3) is 5.00 Å². The maximum Gasteiger partial charge on any atom is 0.323 e. The molecule has 1 N–H and O–H groups in total. The van der Waals surface area contributed by atoms with Crippen LogP contribution >= 0.6 is 11.3 Å². The molecule has 2 aromatic carbocycles. The summed E-state index contributed by atoms with van der Waals surface area (Å²) in [5.41, 5.74) is 4.31. The predicted molar refractivity (Wildman–Crippen MR) is 141 cm³/mol. The van der Waals surface area contributed by atoms with Crippen molar-refractivity contribution in [2.24, 2.45) is 0 Å². The third-order valence-corrected chi connectivity index (χ3v) is 8.45. The highest BCUT2D eigenvalue weighted by Crippen LogP contribution is 2.44. The van der Waals surface area contributed by atoms with E-state index < -0.39 is 23.7 Å². The fourth-order valence-corrected chi connectivity index (χ4v) is 6.83. The summed E-state index contributed by atoms with van der Waals surface area (Å²) in [7, 11) is 0. The summed E-state index contributed by atoms with van der Waals surface area (Å²) in [6.07, 6.45) is 6.41. The highest BCUT2D eigenvalue weighted by molar-refractivity contribution is 7.15. The van der Waals surface area contributed by atoms with Crippen molar-refractivity contribution in [2.75, 3.05) is 11.9 Å². The molecule has 3 heterocycles. The Labute approximate surface area is 218 Å². The van der Waals surface area contributed by atoms with E-state index in [4.69, 9.17) is 4.74 Å². The van der Waals surface area contributed by atoms with Gasteiger partial charge in [0.25, 0.3) is 0 Å². The van der Waals surface area contributed by atoms with Crippen LogP contribution in [0.3, 0.4) is 0 Å². The number of carbonyl (C=O) groups is 1. The number of amides is 2. The number of nitrogens with one attached hydrogen (secondary N) is 1. The summed E-state index contributed by atoms with van der Waals surface area (Å²) >= 11 is 1.81. The molecule has 0 saturated heterocycles. The maximum atomic E-state index is 14.5. The molecule has 4 aromatic rings. The lowest BCUT2D eigenvalue weighted by molar-refractivity contribution is 0.194. The molecule has 1 aliphatic heterocycles. The molecule has 6 rings (SSSR count). The Kier molecular flexibility index (Phi) is 6.20. The average molecular weight is 520 g/mol. The van der Waals surface area contributed by atoms with Crippen LogP contribution < -0.4 is 10.1 Å². The molecule has 2 aromatic heterocycles. The second-order valence-corrected chi connectivity index (χ2v) is 10.5. The van der Waals surface area contributed by atoms with Crippen LogP contribution in [0.4, 0.5) is 19.3 Å². The van der Waals surface area contributed by atoms with Gasteiger partial charge in [-0.05, 0) is 80.1 Å². The third-order valence-electron chi connectivity index (χ3n) is 7.12. The average Bonchev–Trinajstić information content (AvgIpc) is 3.48. The number of fused-ring (bicyclic) bond motifs is 5. The van der Waals surface area contributed by atoms with Crippen LogP contribution in [-0.4, -0.2) is 22.1 Å². The molecule has 1 aliphatic carbocycles. The Morgan fingerprint density at radius 2 is 1.89 bits per heavy atom. The highest BCUT2D eigenvalue weighted by atomic mass is 32.1. The monoisotopic (exact) mass is 519 g/mol. The molecule has 0 bridgehead atoms. The topological polar surface area (TPSA) is 46.5 Å². The number of benzene rings is 2. The molecule has 37 heavy (non-hydrogen) atoms. The number of hydrogen-bond acceptors (Lipinski definition) is 3. The van der Waals surface area contributed by atoms with E-state index in [1.807, 2.05) is 54.7 Å². The lowest BCUT2D eigenvalue weighted by Gasteiger charge is -2.31. The van der Waals surface area contributed by atoms with E-state index in [0.717, 1.165) is 59.0 Å². The fraction of sp³-hybridized carbons (Fsp3) is 0.276. The quantitative estimate of drug-likeness (QED) is 0.309. The van der Waals surface area contributed by atoms with E-state index >= 15 is 0 Å². The number of anilines is 1. The summed E-state index contributed by atoms with van der Waals surface area (Å²) in [6, 6.07) is 14.1. The van der Waals surface area contributed by atoms with Crippen molar-refractivity contribution in [3.8, 4) is 10.8 Å². The fourth-order valence-electron chi connectivity index (χ4n) is 5.43. The second-order valence-electron chi connectivity index (χ2n) is 9.38. The summed E-state index contributed by atoms with van der Waals surface area (Å²) in [4.78, 5) is 17.0. The third kappa shape index (κ3) is 4.29. The van der Waals surface area contributed by atoms with E-state index in [9.17, 15) is 13.6 Å². The normalized spacial score (nSPS) is 16.4. The van der Waals surface area contributed by atoms with Crippen molar-refractivity contribution >= 4 is 23.1 Å². The van der Waals surface area contributed by atoms with Gasteiger partial charge in [-0.15, -0.1) is 11.3 Å². The van der Waals surface area contributed by atoms with Crippen LogP contribution in [0.15, 0.2) is 60.8 Å². The SMILES string of the molecule is CCOc1ccc([C@H]2c3cccn3-c3sc4c(c3CN2C(=O)Nc2ccc(F)cc2F)CCCC4)cc1. The van der Waals surface area contributed by atoms with Crippen LogP contribution in [0.1, 0.15) is 53.1 Å². The van der Waals surface area contributed by atoms with Gasteiger partial charge in [-0.3, -0.25) is 0 Å². The summed E-state index contributed by atoms with van der Waals surface area (Å²) in [6.45, 7) is 2.88. The molecule has 190 valence electrons. The van der Waals surface area contributed by atoms with Crippen molar-refractivity contribution in [3.05, 3.63) is 99.7 Å². The van der Waals surface area contributed by atoms with Gasteiger partial charge in [-0.2, -0.15) is 0 Å². The van der Waals surface area contributed by atoms with Crippen LogP contribution in [-0.2, 0) is 19.4 Å². The molecule has 2 amide bonds. The molecular formula is C29H27F2N3O2S. The number of nitrogens with zero attached hydrogens (tertiary/aromatic N) is 2. The summed E-state index contributed by atoms with van der Waals surface area (Å²) in [5, 5.41) is 3.85. The molecule has 8 heteroatoms. The first-order valence-electron chi connectivity index (χ1n) is 12.6. The minimum atomic E-state index is -0.808. The van der Waals surface area contributed by atoms with E-state index in [0.29, 0.717) is 13.2 Å². The molecule has 2 aliphatic rings. The van der Waals surface area contributed by atoms with Gasteiger partial charge in [0.2, 0.25) is 0 Å². The first kappa shape index (κ1) is 23.7. The number of aryl methyl sites for hydroxylation is 1. The number of halogens is 2. The molecular weight excluding hydrogens is 492 g/mol. The van der Waals surface area contributed by atoms with Crippen molar-refractivity contribution in [3.63, 3.8) is 0 Å². The zero-order valence-electron chi connectivity index (χ0n) is 20.5. The standard InChI is InChI=1S/C29H27F2N3O2S/c1-2-36-20-12-9-18(10-13-20)27-25-7-5-15-33(25)28-22(21-6-3-4-8-26(21)37-28)17-34(27)29(35)32-24-14-11-19(30)16-23(24)31/h5,7,9-16,27H,2-4,6,8,17H2,1H3,(H,32,35)/t27-/m0/s1. The highest BCUT2D eigenvalue weighted by Gasteiger charge is 2.36. The molecule has 0 spiro atoms. The Morgan fingerprint density at radius 3 is 2.68 bits per heavy atom. The Morgan fingerprint density at radius 1 is 1.08 bits per heavy atom. The number of urea groups is 1. The number of ether oxygens (including phenoxy) is 1. The lowest BCUT2D eigenvalue weighted by Crippen LogP contribution is -2.38. The van der Waals surface area contributed by atoms with Crippen molar-refractivity contribution < 1.29 is 18.3 Å². The van der Waals surface area contributed by atoms with Gasteiger partial charge in [0.05, 0.1) is 30.6 Å². The lowest BCUT2D eigenvalue weighted by atomic mass is 9.95. The number of rotatable bonds is 4. The van der Waals surface area contributed by atoms with E-state index in [2.05, 4.69) is 16.1 Å². The van der Waals surface area contributed by atoms with Gasteiger partial charge < -0.3 is 19.5 Å². The van der Waals surface area contributed by atoms with Gasteiger partial charge in [0, 0.05) is 22.7 Å². The van der Waals surface area contributed by atoms with E-state index in [1.54, 1.807) is 4.90 Å². The van der Waals surface area contributed by atoms with Gasteiger partial charge in [-0.25, -0.2) is 13.6 Å². The minimum absolute atomic E-state index is 0.0518. The summed E-state index contributed by atoms with van der Waals surface area (Å²) < 4.78 is 35.9. The smallest absolute Gasteiger partial charge is 0.323 e. The Bertz CT molecular complexity index is 1460. The van der Waals surface area contributed by atoms with Crippen LogP contribution in [0.2, 0.25) is 0 Å². The van der Waals surface area contributed by atoms with Gasteiger partial charge in [0.1, 0.15) is 22.4 Å². The second kappa shape index (κ2) is 9.67. The van der Waals surface area contributed by atoms with Gasteiger partial charge >= 0.3 is 6.03 Å². The maximum absolute atomic E-state index is 14.5. The van der Waals surface area contributed by atoms with Crippen molar-refractivity contribution in [1.82, 2.24) is 9.47 Å². The number of thiophene rings is 1.